The number of esters is 1. The fourth-order valence-electron chi connectivity index (χ4n) is 4.62. The molecule has 4 rings (SSSR count). The van der Waals surface area contributed by atoms with Crippen molar-refractivity contribution in [2.45, 2.75) is 39.0 Å². The first-order valence-electron chi connectivity index (χ1n) is 11.0. The molecule has 7 nitrogen and oxygen atoms in total. The molecule has 2 fully saturated rings. The van der Waals surface area contributed by atoms with Gasteiger partial charge in [0.2, 0.25) is 5.91 Å². The monoisotopic (exact) mass is 434 g/mol. The first kappa shape index (κ1) is 21.3. The topological polar surface area (TPSA) is 76.2 Å². The summed E-state index contributed by atoms with van der Waals surface area (Å²) in [5.74, 6) is 0.0228. The van der Waals surface area contributed by atoms with Crippen LogP contribution in [-0.2, 0) is 31.9 Å². The summed E-state index contributed by atoms with van der Waals surface area (Å²) in [4.78, 5) is 43.6. The van der Waals surface area contributed by atoms with Crippen molar-refractivity contribution in [3.63, 3.8) is 0 Å². The normalized spacial score (nSPS) is 22.5. The Kier molecular flexibility index (Phi) is 6.73. The van der Waals surface area contributed by atoms with Gasteiger partial charge in [0.15, 0.2) is 0 Å². The van der Waals surface area contributed by atoms with Crippen LogP contribution in [0, 0.1) is 11.8 Å². The second-order valence-corrected chi connectivity index (χ2v) is 9.39. The van der Waals surface area contributed by atoms with Crippen LogP contribution in [0.5, 0.6) is 0 Å². The van der Waals surface area contributed by atoms with Gasteiger partial charge in [-0.2, -0.15) is 0 Å². The van der Waals surface area contributed by atoms with Crippen LogP contribution in [0.15, 0.2) is 6.07 Å². The average Bonchev–Trinajstić information content (AvgIpc) is 3.22. The molecule has 0 spiro atoms. The minimum atomic E-state index is -0.136. The highest BCUT2D eigenvalue weighted by atomic mass is 32.1. The molecule has 1 unspecified atom stereocenters. The third-order valence-electron chi connectivity index (χ3n) is 6.37. The van der Waals surface area contributed by atoms with E-state index in [0.29, 0.717) is 65.3 Å². The number of likely N-dealkylation sites (tertiary alicyclic amines) is 1. The van der Waals surface area contributed by atoms with Crippen molar-refractivity contribution in [2.75, 3.05) is 46.0 Å². The van der Waals surface area contributed by atoms with Crippen molar-refractivity contribution in [2.24, 2.45) is 11.8 Å². The van der Waals surface area contributed by atoms with E-state index in [9.17, 15) is 14.4 Å². The Morgan fingerprint density at radius 2 is 1.80 bits per heavy atom. The quantitative estimate of drug-likeness (QED) is 0.679. The molecule has 2 amide bonds. The number of hydrogen-bond donors (Lipinski definition) is 0. The number of thiophene rings is 1. The van der Waals surface area contributed by atoms with Gasteiger partial charge < -0.3 is 19.3 Å². The summed E-state index contributed by atoms with van der Waals surface area (Å²) in [6.45, 7) is 5.94. The molecule has 2 saturated heterocycles. The van der Waals surface area contributed by atoms with Crippen LogP contribution in [0.25, 0.3) is 0 Å². The molecule has 0 saturated carbocycles. The summed E-state index contributed by atoms with van der Waals surface area (Å²) in [7, 11) is 0. The molecule has 3 heterocycles. The lowest BCUT2D eigenvalue weighted by atomic mass is 9.86. The van der Waals surface area contributed by atoms with Crippen molar-refractivity contribution in [3.05, 3.63) is 21.4 Å². The Bertz CT molecular complexity index is 793. The molecule has 1 atom stereocenters. The van der Waals surface area contributed by atoms with Crippen molar-refractivity contribution in [3.8, 4) is 0 Å². The lowest BCUT2D eigenvalue weighted by Gasteiger charge is -2.34. The fraction of sp³-hybridized carbons (Fsp3) is 0.682. The van der Waals surface area contributed by atoms with Gasteiger partial charge in [-0.1, -0.05) is 0 Å². The number of nitrogens with zero attached hydrogens (tertiary/aromatic N) is 2. The molecular weight excluding hydrogens is 404 g/mol. The highest BCUT2D eigenvalue weighted by Gasteiger charge is 2.34. The predicted octanol–water partition coefficient (Wildman–Crippen LogP) is 2.13. The van der Waals surface area contributed by atoms with E-state index in [1.165, 1.54) is 4.88 Å². The van der Waals surface area contributed by atoms with Gasteiger partial charge in [0.25, 0.3) is 5.91 Å². The lowest BCUT2D eigenvalue weighted by molar-refractivity contribution is -0.151. The van der Waals surface area contributed by atoms with Crippen LogP contribution in [0.1, 0.15) is 46.3 Å². The number of morpholine rings is 1. The van der Waals surface area contributed by atoms with E-state index in [-0.39, 0.29) is 29.6 Å². The molecule has 3 aliphatic rings. The molecule has 8 heteroatoms. The molecular formula is C22H30N2O5S. The summed E-state index contributed by atoms with van der Waals surface area (Å²) in [6, 6.07) is 2.00. The number of aryl methyl sites for hydroxylation is 1. The summed E-state index contributed by atoms with van der Waals surface area (Å²) in [5, 5.41) is 0. The van der Waals surface area contributed by atoms with E-state index < -0.39 is 0 Å². The minimum Gasteiger partial charge on any atom is -0.466 e. The molecule has 1 aromatic heterocycles. The van der Waals surface area contributed by atoms with E-state index in [2.05, 4.69) is 0 Å². The zero-order valence-corrected chi connectivity index (χ0v) is 18.4. The van der Waals surface area contributed by atoms with E-state index >= 15 is 0 Å². The maximum Gasteiger partial charge on any atom is 0.309 e. The lowest BCUT2D eigenvalue weighted by Crippen LogP contribution is -2.44. The SMILES string of the molecule is CCOC(=O)C1CCN(C(=O)C2CCc3sc(C(=O)N4CCOCC4)cc3C2)CC1. The second-order valence-electron chi connectivity index (χ2n) is 8.25. The number of ether oxygens (including phenoxy) is 2. The number of piperidine rings is 1. The van der Waals surface area contributed by atoms with Crippen molar-refractivity contribution in [1.82, 2.24) is 9.80 Å². The number of fused-ring (bicyclic) bond motifs is 1. The van der Waals surface area contributed by atoms with E-state index in [0.717, 1.165) is 23.3 Å². The number of rotatable bonds is 4. The molecule has 0 aromatic carbocycles. The van der Waals surface area contributed by atoms with Gasteiger partial charge in [-0.05, 0) is 50.7 Å². The Morgan fingerprint density at radius 1 is 1.07 bits per heavy atom. The summed E-state index contributed by atoms with van der Waals surface area (Å²) < 4.78 is 10.5. The highest BCUT2D eigenvalue weighted by molar-refractivity contribution is 7.14. The maximum atomic E-state index is 13.1. The van der Waals surface area contributed by atoms with E-state index in [1.807, 2.05) is 22.8 Å². The standard InChI is InChI=1S/C22H30N2O5S/c1-2-29-22(27)15-5-7-23(8-6-15)20(25)16-3-4-18-17(13-16)14-19(30-18)21(26)24-9-11-28-12-10-24/h14-16H,2-13H2,1H3. The van der Waals surface area contributed by atoms with Crippen molar-refractivity contribution in [1.29, 1.82) is 0 Å². The zero-order chi connectivity index (χ0) is 21.1. The molecule has 2 aliphatic heterocycles. The zero-order valence-electron chi connectivity index (χ0n) is 17.6. The van der Waals surface area contributed by atoms with Crippen LogP contribution in [0.4, 0.5) is 0 Å². The molecule has 0 bridgehead atoms. The molecule has 1 aliphatic carbocycles. The van der Waals surface area contributed by atoms with Crippen LogP contribution in [0.3, 0.4) is 0 Å². The first-order valence-corrected chi connectivity index (χ1v) is 11.8. The third kappa shape index (κ3) is 4.54. The molecule has 0 N–H and O–H groups in total. The number of hydrogen-bond acceptors (Lipinski definition) is 6. The number of carbonyl (C=O) groups excluding carboxylic acids is 3. The van der Waals surface area contributed by atoms with Crippen molar-refractivity contribution >= 4 is 29.1 Å². The summed E-state index contributed by atoms with van der Waals surface area (Å²) in [5.41, 5.74) is 1.16. The van der Waals surface area contributed by atoms with E-state index in [4.69, 9.17) is 9.47 Å². The van der Waals surface area contributed by atoms with Crippen LogP contribution < -0.4 is 0 Å². The van der Waals surface area contributed by atoms with Gasteiger partial charge in [0, 0.05) is 37.0 Å². The number of amides is 2. The highest BCUT2D eigenvalue weighted by Crippen LogP contribution is 2.34. The second kappa shape index (κ2) is 9.47. The smallest absolute Gasteiger partial charge is 0.309 e. The third-order valence-corrected chi connectivity index (χ3v) is 7.59. The molecule has 1 aromatic rings. The number of carbonyl (C=O) groups is 3. The van der Waals surface area contributed by atoms with Crippen LogP contribution >= 0.6 is 11.3 Å². The fourth-order valence-corrected chi connectivity index (χ4v) is 5.79. The van der Waals surface area contributed by atoms with Gasteiger partial charge in [0.05, 0.1) is 30.6 Å². The minimum absolute atomic E-state index is 0.0300. The van der Waals surface area contributed by atoms with Gasteiger partial charge in [-0.15, -0.1) is 11.3 Å². The summed E-state index contributed by atoms with van der Waals surface area (Å²) >= 11 is 1.59. The van der Waals surface area contributed by atoms with Gasteiger partial charge in [-0.25, -0.2) is 0 Å². The Hall–Kier alpha value is -1.93. The van der Waals surface area contributed by atoms with Crippen LogP contribution in [0.2, 0.25) is 0 Å². The Morgan fingerprint density at radius 3 is 2.50 bits per heavy atom. The van der Waals surface area contributed by atoms with Gasteiger partial charge in [-0.3, -0.25) is 14.4 Å². The molecule has 0 radical (unpaired) electrons. The largest absolute Gasteiger partial charge is 0.466 e. The van der Waals surface area contributed by atoms with Crippen LogP contribution in [-0.4, -0.2) is 73.6 Å². The summed E-state index contributed by atoms with van der Waals surface area (Å²) in [6.07, 6.45) is 3.75. The van der Waals surface area contributed by atoms with Gasteiger partial charge >= 0.3 is 5.97 Å². The Labute approximate surface area is 181 Å². The van der Waals surface area contributed by atoms with E-state index in [1.54, 1.807) is 11.3 Å². The Balaban J connectivity index is 1.34. The van der Waals surface area contributed by atoms with Gasteiger partial charge in [0.1, 0.15) is 0 Å². The maximum absolute atomic E-state index is 13.1. The average molecular weight is 435 g/mol. The molecule has 30 heavy (non-hydrogen) atoms. The predicted molar refractivity (Wildman–Crippen MR) is 112 cm³/mol. The first-order chi connectivity index (χ1) is 14.6. The van der Waals surface area contributed by atoms with Crippen molar-refractivity contribution < 1.29 is 23.9 Å². The molecule has 164 valence electrons.